The first-order valence-electron chi connectivity index (χ1n) is 7.76. The predicted octanol–water partition coefficient (Wildman–Crippen LogP) is 2.16. The van der Waals surface area contributed by atoms with Crippen molar-refractivity contribution in [2.45, 2.75) is 58.4 Å². The van der Waals surface area contributed by atoms with Crippen LogP contribution in [0, 0.1) is 5.92 Å². The molecule has 22 heavy (non-hydrogen) atoms. The van der Waals surface area contributed by atoms with Crippen LogP contribution < -0.4 is 10.6 Å². The van der Waals surface area contributed by atoms with E-state index < -0.39 is 5.60 Å². The van der Waals surface area contributed by atoms with Crippen molar-refractivity contribution in [2.75, 3.05) is 6.54 Å². The second-order valence-electron chi connectivity index (χ2n) is 6.73. The van der Waals surface area contributed by atoms with Crippen LogP contribution in [-0.2, 0) is 17.9 Å². The van der Waals surface area contributed by atoms with Crippen molar-refractivity contribution >= 4 is 6.09 Å². The van der Waals surface area contributed by atoms with Crippen LogP contribution in [0.4, 0.5) is 4.79 Å². The van der Waals surface area contributed by atoms with Crippen molar-refractivity contribution in [3.05, 3.63) is 23.7 Å². The Balaban J connectivity index is 1.76. The van der Waals surface area contributed by atoms with Crippen LogP contribution >= 0.6 is 0 Å². The molecule has 1 saturated carbocycles. The Labute approximate surface area is 131 Å². The number of nitrogens with one attached hydrogen (secondary N) is 2. The molecule has 1 unspecified atom stereocenters. The van der Waals surface area contributed by atoms with Crippen molar-refractivity contribution in [1.29, 1.82) is 0 Å². The number of hydrogen-bond donors (Lipinski definition) is 3. The molecule has 1 aliphatic carbocycles. The second-order valence-corrected chi connectivity index (χ2v) is 6.73. The minimum absolute atomic E-state index is 0.0910. The second kappa shape index (κ2) is 7.15. The van der Waals surface area contributed by atoms with Gasteiger partial charge in [-0.2, -0.15) is 0 Å². The number of ether oxygens (including phenoxy) is 1. The topological polar surface area (TPSA) is 83.7 Å². The van der Waals surface area contributed by atoms with E-state index in [1.165, 1.54) is 12.8 Å². The van der Waals surface area contributed by atoms with Crippen molar-refractivity contribution < 1.29 is 19.1 Å². The van der Waals surface area contributed by atoms with Crippen molar-refractivity contribution in [3.8, 4) is 0 Å². The van der Waals surface area contributed by atoms with E-state index in [1.807, 2.05) is 26.8 Å². The zero-order valence-electron chi connectivity index (χ0n) is 13.5. The molecule has 2 rings (SSSR count). The highest BCUT2D eigenvalue weighted by Gasteiger charge is 2.31. The fraction of sp³-hybridized carbons (Fsp3) is 0.688. The summed E-state index contributed by atoms with van der Waals surface area (Å²) in [6, 6.07) is 3.82. The molecule has 0 radical (unpaired) electrons. The maximum atomic E-state index is 11.7. The minimum atomic E-state index is -0.485. The molecule has 0 aliphatic heterocycles. The standard InChI is InChI=1S/C16H26N2O4/c1-16(2,3)22-15(20)18-9-14(11-4-5-11)17-8-12-6-7-13(10-19)21-12/h6-7,11,14,17,19H,4-5,8-10H2,1-3H3,(H,18,20). The molecule has 0 bridgehead atoms. The largest absolute Gasteiger partial charge is 0.462 e. The summed E-state index contributed by atoms with van der Waals surface area (Å²) in [5, 5.41) is 15.2. The number of aliphatic hydroxyl groups is 1. The van der Waals surface area contributed by atoms with Crippen LogP contribution in [0.5, 0.6) is 0 Å². The molecule has 1 heterocycles. The SMILES string of the molecule is CC(C)(C)OC(=O)NCC(NCc1ccc(CO)o1)C1CC1. The first-order chi connectivity index (χ1) is 10.4. The third kappa shape index (κ3) is 5.69. The van der Waals surface area contributed by atoms with Crippen LogP contribution in [0.2, 0.25) is 0 Å². The lowest BCUT2D eigenvalue weighted by Crippen LogP contribution is -2.43. The minimum Gasteiger partial charge on any atom is -0.462 e. The van der Waals surface area contributed by atoms with E-state index in [-0.39, 0.29) is 18.7 Å². The molecular weight excluding hydrogens is 284 g/mol. The number of carbonyl (C=O) groups excluding carboxylic acids is 1. The van der Waals surface area contributed by atoms with Crippen molar-refractivity contribution in [3.63, 3.8) is 0 Å². The van der Waals surface area contributed by atoms with Gasteiger partial charge in [0, 0.05) is 12.6 Å². The van der Waals surface area contributed by atoms with Gasteiger partial charge in [0.15, 0.2) is 0 Å². The molecule has 1 amide bonds. The zero-order valence-corrected chi connectivity index (χ0v) is 13.5. The van der Waals surface area contributed by atoms with Gasteiger partial charge in [-0.05, 0) is 51.7 Å². The third-order valence-electron chi connectivity index (χ3n) is 3.47. The van der Waals surface area contributed by atoms with Crippen molar-refractivity contribution in [2.24, 2.45) is 5.92 Å². The molecule has 6 heteroatoms. The van der Waals surface area contributed by atoms with Gasteiger partial charge in [0.25, 0.3) is 0 Å². The van der Waals surface area contributed by atoms with Crippen LogP contribution in [0.1, 0.15) is 45.1 Å². The van der Waals surface area contributed by atoms with E-state index in [0.29, 0.717) is 24.8 Å². The summed E-state index contributed by atoms with van der Waals surface area (Å²) < 4.78 is 10.7. The van der Waals surface area contributed by atoms with Gasteiger partial charge in [-0.25, -0.2) is 4.79 Å². The van der Waals surface area contributed by atoms with Crippen LogP contribution in [0.3, 0.4) is 0 Å². The van der Waals surface area contributed by atoms with Gasteiger partial charge in [-0.3, -0.25) is 0 Å². The number of amides is 1. The fourth-order valence-electron chi connectivity index (χ4n) is 2.25. The predicted molar refractivity (Wildman–Crippen MR) is 82.2 cm³/mol. The Morgan fingerprint density at radius 3 is 2.64 bits per heavy atom. The molecule has 1 aromatic rings. The number of rotatable bonds is 7. The summed E-state index contributed by atoms with van der Waals surface area (Å²) in [6.07, 6.45) is 1.96. The van der Waals surface area contributed by atoms with Crippen LogP contribution in [0.25, 0.3) is 0 Å². The normalized spacial score (nSPS) is 16.4. The molecule has 1 aromatic heterocycles. The van der Waals surface area contributed by atoms with E-state index in [9.17, 15) is 4.79 Å². The Bertz CT molecular complexity index is 489. The van der Waals surface area contributed by atoms with Gasteiger partial charge in [-0.1, -0.05) is 0 Å². The lowest BCUT2D eigenvalue weighted by molar-refractivity contribution is 0.0521. The lowest BCUT2D eigenvalue weighted by Gasteiger charge is -2.22. The van der Waals surface area contributed by atoms with E-state index in [1.54, 1.807) is 6.07 Å². The molecular formula is C16H26N2O4. The van der Waals surface area contributed by atoms with Gasteiger partial charge in [0.1, 0.15) is 23.7 Å². The molecule has 0 aromatic carbocycles. The average Bonchev–Trinajstić information content (AvgIpc) is 3.15. The van der Waals surface area contributed by atoms with Crippen LogP contribution in [0.15, 0.2) is 16.5 Å². The van der Waals surface area contributed by atoms with Crippen LogP contribution in [-0.4, -0.2) is 29.4 Å². The van der Waals surface area contributed by atoms with Gasteiger partial charge in [0.05, 0.1) is 6.54 Å². The fourth-order valence-corrected chi connectivity index (χ4v) is 2.25. The zero-order chi connectivity index (χ0) is 16.2. The quantitative estimate of drug-likeness (QED) is 0.719. The molecule has 1 fully saturated rings. The highest BCUT2D eigenvalue weighted by atomic mass is 16.6. The maximum absolute atomic E-state index is 11.7. The Morgan fingerprint density at radius 1 is 1.41 bits per heavy atom. The van der Waals surface area contributed by atoms with E-state index >= 15 is 0 Å². The summed E-state index contributed by atoms with van der Waals surface area (Å²) in [5.74, 6) is 1.93. The van der Waals surface area contributed by atoms with E-state index in [2.05, 4.69) is 10.6 Å². The first kappa shape index (κ1) is 16.8. The highest BCUT2D eigenvalue weighted by molar-refractivity contribution is 5.67. The van der Waals surface area contributed by atoms with Gasteiger partial charge in [0.2, 0.25) is 0 Å². The number of alkyl carbamates (subject to hydrolysis) is 1. The molecule has 0 spiro atoms. The van der Waals surface area contributed by atoms with Gasteiger partial charge < -0.3 is 24.9 Å². The molecule has 3 N–H and O–H groups in total. The summed E-state index contributed by atoms with van der Waals surface area (Å²) in [6.45, 7) is 6.56. The molecule has 1 aliphatic rings. The summed E-state index contributed by atoms with van der Waals surface area (Å²) in [7, 11) is 0. The molecule has 0 saturated heterocycles. The molecule has 6 nitrogen and oxygen atoms in total. The summed E-state index contributed by atoms with van der Waals surface area (Å²) >= 11 is 0. The Hall–Kier alpha value is -1.53. The number of furan rings is 1. The molecule has 1 atom stereocenters. The van der Waals surface area contributed by atoms with Gasteiger partial charge in [-0.15, -0.1) is 0 Å². The molecule has 124 valence electrons. The number of carbonyl (C=O) groups is 1. The first-order valence-corrected chi connectivity index (χ1v) is 7.76. The lowest BCUT2D eigenvalue weighted by atomic mass is 10.2. The summed E-state index contributed by atoms with van der Waals surface area (Å²) in [5.41, 5.74) is -0.485. The van der Waals surface area contributed by atoms with Gasteiger partial charge >= 0.3 is 6.09 Å². The highest BCUT2D eigenvalue weighted by Crippen LogP contribution is 2.32. The number of hydrogen-bond acceptors (Lipinski definition) is 5. The number of aliphatic hydroxyl groups excluding tert-OH is 1. The van der Waals surface area contributed by atoms with E-state index in [4.69, 9.17) is 14.3 Å². The maximum Gasteiger partial charge on any atom is 0.407 e. The average molecular weight is 310 g/mol. The monoisotopic (exact) mass is 310 g/mol. The van der Waals surface area contributed by atoms with Crippen molar-refractivity contribution in [1.82, 2.24) is 10.6 Å². The third-order valence-corrected chi connectivity index (χ3v) is 3.47. The van der Waals surface area contributed by atoms with E-state index in [0.717, 1.165) is 5.76 Å². The Morgan fingerprint density at radius 2 is 2.09 bits per heavy atom. The summed E-state index contributed by atoms with van der Waals surface area (Å²) in [4.78, 5) is 11.7. The smallest absolute Gasteiger partial charge is 0.407 e. The Kier molecular flexibility index (Phi) is 5.47.